The Bertz CT molecular complexity index is 422. The SMILES string of the molecule is NC(=S)SCc1c[nH]c(=O)[nH]c1=O. The highest BCUT2D eigenvalue weighted by Crippen LogP contribution is 2.06. The van der Waals surface area contributed by atoms with Crippen molar-refractivity contribution < 1.29 is 0 Å². The van der Waals surface area contributed by atoms with Gasteiger partial charge in [-0.2, -0.15) is 0 Å². The molecule has 0 aromatic carbocycles. The first-order valence-electron chi connectivity index (χ1n) is 3.32. The van der Waals surface area contributed by atoms with Gasteiger partial charge in [-0.05, 0) is 0 Å². The molecule has 0 saturated heterocycles. The molecule has 4 N–H and O–H groups in total. The molecule has 0 spiro atoms. The molecule has 1 aromatic heterocycles. The predicted molar refractivity (Wildman–Crippen MR) is 55.8 cm³/mol. The number of nitrogens with two attached hydrogens (primary N) is 1. The van der Waals surface area contributed by atoms with Gasteiger partial charge in [0.05, 0.1) is 0 Å². The summed E-state index contributed by atoms with van der Waals surface area (Å²) in [6.45, 7) is 0. The van der Waals surface area contributed by atoms with Crippen LogP contribution in [0.2, 0.25) is 0 Å². The molecule has 0 bridgehead atoms. The molecule has 7 heteroatoms. The van der Waals surface area contributed by atoms with E-state index in [9.17, 15) is 9.59 Å². The van der Waals surface area contributed by atoms with Crippen molar-refractivity contribution in [2.45, 2.75) is 5.75 Å². The Hall–Kier alpha value is -1.08. The Morgan fingerprint density at radius 1 is 1.62 bits per heavy atom. The Morgan fingerprint density at radius 2 is 2.31 bits per heavy atom. The lowest BCUT2D eigenvalue weighted by Crippen LogP contribution is -2.24. The predicted octanol–water partition coefficient (Wildman–Crippen LogP) is -0.460. The summed E-state index contributed by atoms with van der Waals surface area (Å²) in [6.07, 6.45) is 1.35. The van der Waals surface area contributed by atoms with E-state index in [4.69, 9.17) is 5.73 Å². The number of hydrogen-bond acceptors (Lipinski definition) is 4. The van der Waals surface area contributed by atoms with Gasteiger partial charge in [0, 0.05) is 17.5 Å². The summed E-state index contributed by atoms with van der Waals surface area (Å²) >= 11 is 5.79. The minimum absolute atomic E-state index is 0.269. The largest absolute Gasteiger partial charge is 0.385 e. The summed E-state index contributed by atoms with van der Waals surface area (Å²) in [5, 5.41) is 0. The van der Waals surface area contributed by atoms with Gasteiger partial charge in [-0.3, -0.25) is 9.78 Å². The summed E-state index contributed by atoms with van der Waals surface area (Å²) in [5.74, 6) is 0.363. The number of rotatable bonds is 2. The number of H-pyrrole nitrogens is 2. The zero-order valence-corrected chi connectivity index (χ0v) is 8.13. The van der Waals surface area contributed by atoms with E-state index in [1.807, 2.05) is 0 Å². The van der Waals surface area contributed by atoms with E-state index in [0.717, 1.165) is 0 Å². The van der Waals surface area contributed by atoms with Crippen LogP contribution in [-0.2, 0) is 5.75 Å². The molecule has 13 heavy (non-hydrogen) atoms. The lowest BCUT2D eigenvalue weighted by molar-refractivity contribution is 1.00. The second kappa shape index (κ2) is 4.24. The molecule has 0 saturated carbocycles. The highest BCUT2D eigenvalue weighted by Gasteiger charge is 2.00. The van der Waals surface area contributed by atoms with E-state index < -0.39 is 11.2 Å². The quantitative estimate of drug-likeness (QED) is 0.583. The number of hydrogen-bond donors (Lipinski definition) is 3. The van der Waals surface area contributed by atoms with E-state index in [0.29, 0.717) is 11.3 Å². The van der Waals surface area contributed by atoms with Gasteiger partial charge in [-0.1, -0.05) is 24.0 Å². The molecule has 5 nitrogen and oxygen atoms in total. The number of thioether (sulfide) groups is 1. The third-order valence-corrected chi connectivity index (χ3v) is 2.36. The second-order valence-electron chi connectivity index (χ2n) is 2.20. The van der Waals surface area contributed by atoms with Crippen molar-refractivity contribution in [2.75, 3.05) is 0 Å². The second-order valence-corrected chi connectivity index (χ2v) is 3.92. The smallest absolute Gasteiger partial charge is 0.325 e. The Balaban J connectivity index is 2.84. The third-order valence-electron chi connectivity index (χ3n) is 1.27. The first-order valence-corrected chi connectivity index (χ1v) is 4.72. The van der Waals surface area contributed by atoms with Crippen LogP contribution in [0.15, 0.2) is 15.8 Å². The van der Waals surface area contributed by atoms with Gasteiger partial charge < -0.3 is 10.7 Å². The molecule has 70 valence electrons. The molecule has 0 aliphatic rings. The van der Waals surface area contributed by atoms with E-state index in [1.165, 1.54) is 18.0 Å². The summed E-state index contributed by atoms with van der Waals surface area (Å²) in [7, 11) is 0. The minimum Gasteiger partial charge on any atom is -0.385 e. The molecular weight excluding hydrogens is 210 g/mol. The number of aromatic amines is 2. The summed E-state index contributed by atoms with van der Waals surface area (Å²) in [4.78, 5) is 26.1. The molecule has 0 radical (unpaired) electrons. The first-order chi connectivity index (χ1) is 6.09. The maximum Gasteiger partial charge on any atom is 0.325 e. The highest BCUT2D eigenvalue weighted by molar-refractivity contribution is 8.22. The van der Waals surface area contributed by atoms with Crippen LogP contribution in [0, 0.1) is 0 Å². The zero-order valence-electron chi connectivity index (χ0n) is 6.49. The van der Waals surface area contributed by atoms with E-state index in [2.05, 4.69) is 22.2 Å². The van der Waals surface area contributed by atoms with Crippen molar-refractivity contribution in [3.63, 3.8) is 0 Å². The van der Waals surface area contributed by atoms with Crippen LogP contribution in [0.4, 0.5) is 0 Å². The lowest BCUT2D eigenvalue weighted by atomic mass is 10.4. The van der Waals surface area contributed by atoms with Crippen LogP contribution in [0.3, 0.4) is 0 Å². The van der Waals surface area contributed by atoms with E-state index in [1.54, 1.807) is 0 Å². The highest BCUT2D eigenvalue weighted by atomic mass is 32.2. The fourth-order valence-electron chi connectivity index (χ4n) is 0.694. The molecule has 0 amide bonds. The van der Waals surface area contributed by atoms with Crippen LogP contribution in [0.1, 0.15) is 5.56 Å². The molecule has 0 aliphatic carbocycles. The molecule has 0 aliphatic heterocycles. The van der Waals surface area contributed by atoms with Gasteiger partial charge in [0.2, 0.25) is 0 Å². The van der Waals surface area contributed by atoms with Crippen molar-refractivity contribution >= 4 is 28.3 Å². The van der Waals surface area contributed by atoms with Crippen molar-refractivity contribution in [1.29, 1.82) is 0 Å². The van der Waals surface area contributed by atoms with Crippen molar-refractivity contribution in [3.8, 4) is 0 Å². The van der Waals surface area contributed by atoms with Gasteiger partial charge in [0.15, 0.2) is 0 Å². The molecule has 0 fully saturated rings. The van der Waals surface area contributed by atoms with Crippen molar-refractivity contribution in [1.82, 2.24) is 9.97 Å². The number of nitrogens with one attached hydrogen (secondary N) is 2. The zero-order chi connectivity index (χ0) is 9.84. The maximum atomic E-state index is 11.1. The van der Waals surface area contributed by atoms with Gasteiger partial charge >= 0.3 is 5.69 Å². The minimum atomic E-state index is -0.519. The monoisotopic (exact) mass is 217 g/mol. The van der Waals surface area contributed by atoms with Crippen LogP contribution in [0.25, 0.3) is 0 Å². The fourth-order valence-corrected chi connectivity index (χ4v) is 1.38. The number of aromatic nitrogens is 2. The summed E-state index contributed by atoms with van der Waals surface area (Å²) in [5.41, 5.74) is 4.74. The first kappa shape index (κ1) is 10.0. The standard InChI is InChI=1S/C6H7N3O2S2/c7-5(12)13-2-3-1-8-6(11)9-4(3)10/h1H,2H2,(H2,7,12)(H2,8,9,10,11). The topological polar surface area (TPSA) is 91.7 Å². The molecule has 0 unspecified atom stereocenters. The van der Waals surface area contributed by atoms with Gasteiger partial charge in [0.1, 0.15) is 4.32 Å². The molecule has 1 rings (SSSR count). The average Bonchev–Trinajstić information content (AvgIpc) is 2.02. The summed E-state index contributed by atoms with van der Waals surface area (Å²) < 4.78 is 0.269. The van der Waals surface area contributed by atoms with Crippen molar-refractivity contribution in [2.24, 2.45) is 5.73 Å². The van der Waals surface area contributed by atoms with Crippen LogP contribution >= 0.6 is 24.0 Å². The van der Waals surface area contributed by atoms with Gasteiger partial charge in [-0.15, -0.1) is 0 Å². The Morgan fingerprint density at radius 3 is 2.85 bits per heavy atom. The number of thiocarbonyl (C=S) groups is 1. The lowest BCUT2D eigenvalue weighted by Gasteiger charge is -1.96. The Kier molecular flexibility index (Phi) is 3.26. The van der Waals surface area contributed by atoms with Gasteiger partial charge in [0.25, 0.3) is 5.56 Å². The Labute approximate surface area is 82.7 Å². The summed E-state index contributed by atoms with van der Waals surface area (Å²) in [6, 6.07) is 0. The van der Waals surface area contributed by atoms with Crippen LogP contribution in [0.5, 0.6) is 0 Å². The molecule has 1 aromatic rings. The normalized spacial score (nSPS) is 9.85. The average molecular weight is 217 g/mol. The van der Waals surface area contributed by atoms with E-state index >= 15 is 0 Å². The van der Waals surface area contributed by atoms with Crippen LogP contribution < -0.4 is 17.0 Å². The molecule has 0 atom stereocenters. The van der Waals surface area contributed by atoms with Crippen molar-refractivity contribution in [3.05, 3.63) is 32.6 Å². The molecule has 1 heterocycles. The maximum absolute atomic E-state index is 11.1. The fraction of sp³-hybridized carbons (Fsp3) is 0.167. The van der Waals surface area contributed by atoms with Crippen LogP contribution in [-0.4, -0.2) is 14.3 Å². The van der Waals surface area contributed by atoms with E-state index in [-0.39, 0.29) is 4.32 Å². The third kappa shape index (κ3) is 3.03. The van der Waals surface area contributed by atoms with Gasteiger partial charge in [-0.25, -0.2) is 4.79 Å². The molecular formula is C6H7N3O2S2.